The van der Waals surface area contributed by atoms with Gasteiger partial charge in [-0.15, -0.1) is 0 Å². The maximum Gasteiger partial charge on any atom is 0.307 e. The highest BCUT2D eigenvalue weighted by molar-refractivity contribution is 6.04. The highest BCUT2D eigenvalue weighted by Crippen LogP contribution is 2.33. The lowest BCUT2D eigenvalue weighted by Gasteiger charge is -2.33. The molecule has 1 atom stereocenters. The lowest BCUT2D eigenvalue weighted by molar-refractivity contribution is -0.136. The lowest BCUT2D eigenvalue weighted by Crippen LogP contribution is -2.41. The number of ether oxygens (including phenoxy) is 2. The van der Waals surface area contributed by atoms with Crippen molar-refractivity contribution < 1.29 is 28.6 Å². The molecule has 0 aliphatic carbocycles. The van der Waals surface area contributed by atoms with Crippen LogP contribution >= 0.6 is 0 Å². The molecule has 8 heteroatoms. The van der Waals surface area contributed by atoms with Gasteiger partial charge in [-0.1, -0.05) is 12.1 Å². The van der Waals surface area contributed by atoms with E-state index in [1.54, 1.807) is 47.0 Å². The SMILES string of the molecule is Cc1cc2c(CC(=O)O)cccc2n1C(=O)c1ccc(OCC2CN(C)c3cc(F)ccc3O2)cc1. The molecule has 0 fully saturated rings. The van der Waals surface area contributed by atoms with Crippen LogP contribution in [0, 0.1) is 12.7 Å². The first-order chi connectivity index (χ1) is 17.3. The van der Waals surface area contributed by atoms with Gasteiger partial charge < -0.3 is 19.5 Å². The van der Waals surface area contributed by atoms with Crippen molar-refractivity contribution in [3.05, 3.63) is 89.4 Å². The van der Waals surface area contributed by atoms with Gasteiger partial charge >= 0.3 is 5.97 Å². The third-order valence-electron chi connectivity index (χ3n) is 6.31. The summed E-state index contributed by atoms with van der Waals surface area (Å²) >= 11 is 0. The number of benzene rings is 3. The first-order valence-electron chi connectivity index (χ1n) is 11.6. The molecule has 1 aromatic heterocycles. The molecule has 5 rings (SSSR count). The van der Waals surface area contributed by atoms with Crippen LogP contribution in [0.3, 0.4) is 0 Å². The zero-order valence-corrected chi connectivity index (χ0v) is 19.9. The first-order valence-corrected chi connectivity index (χ1v) is 11.6. The van der Waals surface area contributed by atoms with Gasteiger partial charge in [0, 0.05) is 29.8 Å². The van der Waals surface area contributed by atoms with Crippen LogP contribution < -0.4 is 14.4 Å². The van der Waals surface area contributed by atoms with Crippen LogP contribution in [-0.4, -0.2) is 47.9 Å². The van der Waals surface area contributed by atoms with E-state index >= 15 is 0 Å². The average molecular weight is 489 g/mol. The zero-order valence-electron chi connectivity index (χ0n) is 19.9. The minimum Gasteiger partial charge on any atom is -0.490 e. The van der Waals surface area contributed by atoms with E-state index in [0.717, 1.165) is 11.1 Å². The van der Waals surface area contributed by atoms with E-state index < -0.39 is 5.97 Å². The Labute approximate surface area is 207 Å². The number of carboxylic acids is 1. The molecule has 1 N–H and O–H groups in total. The summed E-state index contributed by atoms with van der Waals surface area (Å²) in [6, 6.07) is 18.5. The Morgan fingerprint density at radius 3 is 2.64 bits per heavy atom. The second-order valence-electron chi connectivity index (χ2n) is 8.91. The van der Waals surface area contributed by atoms with Crippen LogP contribution in [0.25, 0.3) is 10.9 Å². The Morgan fingerprint density at radius 1 is 1.11 bits per heavy atom. The monoisotopic (exact) mass is 488 g/mol. The number of carbonyl (C=O) groups excluding carboxylic acids is 1. The van der Waals surface area contributed by atoms with E-state index in [9.17, 15) is 19.1 Å². The second-order valence-corrected chi connectivity index (χ2v) is 8.91. The van der Waals surface area contributed by atoms with Crippen LogP contribution in [0.2, 0.25) is 0 Å². The number of fused-ring (bicyclic) bond motifs is 2. The Kier molecular flexibility index (Phi) is 6.10. The van der Waals surface area contributed by atoms with Gasteiger partial charge in [-0.25, -0.2) is 4.39 Å². The van der Waals surface area contributed by atoms with Gasteiger partial charge in [0.2, 0.25) is 0 Å². The number of carbonyl (C=O) groups is 2. The van der Waals surface area contributed by atoms with Crippen molar-refractivity contribution >= 4 is 28.5 Å². The maximum atomic E-state index is 13.5. The summed E-state index contributed by atoms with van der Waals surface area (Å²) in [7, 11) is 1.88. The Hall–Kier alpha value is -4.33. The van der Waals surface area contributed by atoms with Crippen LogP contribution in [-0.2, 0) is 11.2 Å². The number of aryl methyl sites for hydroxylation is 1. The molecule has 1 aliphatic heterocycles. The van der Waals surface area contributed by atoms with E-state index in [-0.39, 0.29) is 24.2 Å². The van der Waals surface area contributed by atoms with Crippen LogP contribution in [0.15, 0.2) is 66.7 Å². The summed E-state index contributed by atoms with van der Waals surface area (Å²) in [6.07, 6.45) is -0.340. The highest BCUT2D eigenvalue weighted by Gasteiger charge is 2.24. The number of aromatic nitrogens is 1. The van der Waals surface area contributed by atoms with E-state index in [2.05, 4.69) is 0 Å². The van der Waals surface area contributed by atoms with Crippen molar-refractivity contribution in [2.75, 3.05) is 25.1 Å². The summed E-state index contributed by atoms with van der Waals surface area (Å²) in [5, 5.41) is 9.96. The topological polar surface area (TPSA) is 81.0 Å². The lowest BCUT2D eigenvalue weighted by atomic mass is 10.1. The molecular weight excluding hydrogens is 463 g/mol. The van der Waals surface area contributed by atoms with E-state index in [1.807, 2.05) is 31.0 Å². The van der Waals surface area contributed by atoms with Gasteiger partial charge in [0.25, 0.3) is 5.91 Å². The normalized spacial score (nSPS) is 14.9. The largest absolute Gasteiger partial charge is 0.490 e. The predicted molar refractivity (Wildman–Crippen MR) is 134 cm³/mol. The molecule has 0 amide bonds. The fourth-order valence-corrected chi connectivity index (χ4v) is 4.62. The van der Waals surface area contributed by atoms with Crippen LogP contribution in [0.1, 0.15) is 21.6 Å². The van der Waals surface area contributed by atoms with Gasteiger partial charge in [-0.05, 0) is 61.0 Å². The van der Waals surface area contributed by atoms with Crippen LogP contribution in [0.5, 0.6) is 11.5 Å². The van der Waals surface area contributed by atoms with Gasteiger partial charge in [0.05, 0.1) is 24.2 Å². The quantitative estimate of drug-likeness (QED) is 0.425. The smallest absolute Gasteiger partial charge is 0.307 e. The number of hydrogen-bond donors (Lipinski definition) is 1. The number of aliphatic carboxylic acids is 1. The number of hydrogen-bond acceptors (Lipinski definition) is 5. The molecular formula is C28H25FN2O5. The molecule has 7 nitrogen and oxygen atoms in total. The van der Waals surface area contributed by atoms with Crippen molar-refractivity contribution in [2.45, 2.75) is 19.4 Å². The molecule has 1 aliphatic rings. The minimum atomic E-state index is -0.918. The second kappa shape index (κ2) is 9.37. The summed E-state index contributed by atoms with van der Waals surface area (Å²) in [5.74, 6) is -0.223. The molecule has 0 saturated heterocycles. The molecule has 0 radical (unpaired) electrons. The molecule has 2 heterocycles. The number of nitrogens with zero attached hydrogens (tertiary/aromatic N) is 2. The minimum absolute atomic E-state index is 0.107. The zero-order chi connectivity index (χ0) is 25.4. The molecule has 0 spiro atoms. The third kappa shape index (κ3) is 4.49. The van der Waals surface area contributed by atoms with Gasteiger partial charge in [-0.2, -0.15) is 0 Å². The Balaban J connectivity index is 1.29. The fourth-order valence-electron chi connectivity index (χ4n) is 4.62. The number of rotatable bonds is 6. The van der Waals surface area contributed by atoms with Gasteiger partial charge in [-0.3, -0.25) is 14.2 Å². The summed E-state index contributed by atoms with van der Waals surface area (Å²) in [6.45, 7) is 2.67. The predicted octanol–water partition coefficient (Wildman–Crippen LogP) is 4.68. The third-order valence-corrected chi connectivity index (χ3v) is 6.31. The maximum absolute atomic E-state index is 13.5. The molecule has 184 valence electrons. The molecule has 3 aromatic carbocycles. The number of halogens is 1. The standard InChI is InChI=1S/C28H25FN2O5/c1-17-12-23-19(13-27(32)33)4-3-5-24(23)31(17)28(34)18-6-9-21(10-7-18)35-16-22-15-30(2)25-14-20(29)8-11-26(25)36-22/h3-12,14,22H,13,15-16H2,1-2H3,(H,32,33). The van der Waals surface area contributed by atoms with Crippen molar-refractivity contribution in [1.29, 1.82) is 0 Å². The summed E-state index contributed by atoms with van der Waals surface area (Å²) < 4.78 is 27.0. The Morgan fingerprint density at radius 2 is 1.89 bits per heavy atom. The van der Waals surface area contributed by atoms with Crippen molar-refractivity contribution in [2.24, 2.45) is 0 Å². The molecule has 4 aromatic rings. The van der Waals surface area contributed by atoms with Crippen molar-refractivity contribution in [3.8, 4) is 11.5 Å². The molecule has 36 heavy (non-hydrogen) atoms. The number of likely N-dealkylation sites (N-methyl/N-ethyl adjacent to an activating group) is 1. The van der Waals surface area contributed by atoms with Gasteiger partial charge in [0.1, 0.15) is 30.0 Å². The molecule has 0 bridgehead atoms. The molecule has 1 unspecified atom stereocenters. The summed E-state index contributed by atoms with van der Waals surface area (Å²) in [5.41, 5.74) is 3.26. The number of carboxylic acid groups (broad SMARTS) is 1. The van der Waals surface area contributed by atoms with Crippen LogP contribution in [0.4, 0.5) is 10.1 Å². The fraction of sp³-hybridized carbons (Fsp3) is 0.214. The van der Waals surface area contributed by atoms with E-state index in [0.29, 0.717) is 47.0 Å². The van der Waals surface area contributed by atoms with E-state index in [1.165, 1.54) is 12.1 Å². The van der Waals surface area contributed by atoms with Crippen molar-refractivity contribution in [1.82, 2.24) is 4.57 Å². The number of anilines is 1. The highest BCUT2D eigenvalue weighted by atomic mass is 19.1. The summed E-state index contributed by atoms with van der Waals surface area (Å²) in [4.78, 5) is 26.5. The first kappa shape index (κ1) is 23.4. The average Bonchev–Trinajstić information content (AvgIpc) is 3.19. The van der Waals surface area contributed by atoms with E-state index in [4.69, 9.17) is 9.47 Å². The van der Waals surface area contributed by atoms with Gasteiger partial charge in [0.15, 0.2) is 0 Å². The Bertz CT molecular complexity index is 1460. The van der Waals surface area contributed by atoms with Crippen molar-refractivity contribution in [3.63, 3.8) is 0 Å². The molecule has 0 saturated carbocycles.